The van der Waals surface area contributed by atoms with Crippen LogP contribution >= 0.6 is 0 Å². The molecule has 2 N–H and O–H groups in total. The normalized spacial score (nSPS) is 20.7. The van der Waals surface area contributed by atoms with Gasteiger partial charge in [-0.25, -0.2) is 4.98 Å². The monoisotopic (exact) mass is 314 g/mol. The fourth-order valence-electron chi connectivity index (χ4n) is 3.21. The first-order valence-electron chi connectivity index (χ1n) is 8.40. The predicted molar refractivity (Wildman–Crippen MR) is 91.2 cm³/mol. The standard InChI is InChI=1S/C18H26N4O/c1-5-19-10-13-9-14(13)16(23)21-18(3,4)17-20-11-15-12(2)7-6-8-22(15)17/h6-8,11,13-14,19H,5,9-10H2,1-4H3,(H,21,23)/t13-,14+/m1/s1. The smallest absolute Gasteiger partial charge is 0.224 e. The lowest BCUT2D eigenvalue weighted by Crippen LogP contribution is -2.43. The van der Waals surface area contributed by atoms with Gasteiger partial charge in [-0.3, -0.25) is 4.79 Å². The van der Waals surface area contributed by atoms with Crippen molar-refractivity contribution in [1.82, 2.24) is 20.0 Å². The van der Waals surface area contributed by atoms with Gasteiger partial charge in [-0.15, -0.1) is 0 Å². The largest absolute Gasteiger partial charge is 0.344 e. The summed E-state index contributed by atoms with van der Waals surface area (Å²) in [5, 5.41) is 6.51. The number of carbonyl (C=O) groups excluding carboxylic acids is 1. The Labute approximate surface area is 137 Å². The molecule has 1 saturated carbocycles. The summed E-state index contributed by atoms with van der Waals surface area (Å²) in [5.41, 5.74) is 1.77. The molecule has 1 aliphatic carbocycles. The average molecular weight is 314 g/mol. The van der Waals surface area contributed by atoms with Crippen molar-refractivity contribution in [2.45, 2.75) is 39.7 Å². The molecule has 0 spiro atoms. The van der Waals surface area contributed by atoms with Crippen molar-refractivity contribution < 1.29 is 4.79 Å². The Morgan fingerprint density at radius 3 is 3.00 bits per heavy atom. The topological polar surface area (TPSA) is 58.4 Å². The van der Waals surface area contributed by atoms with Crippen LogP contribution in [0.5, 0.6) is 0 Å². The summed E-state index contributed by atoms with van der Waals surface area (Å²) in [6.45, 7) is 10.1. The lowest BCUT2D eigenvalue weighted by Gasteiger charge is -2.25. The van der Waals surface area contributed by atoms with E-state index in [4.69, 9.17) is 0 Å². The number of carbonyl (C=O) groups is 1. The van der Waals surface area contributed by atoms with Gasteiger partial charge in [0.1, 0.15) is 5.82 Å². The van der Waals surface area contributed by atoms with Crippen molar-refractivity contribution in [3.8, 4) is 0 Å². The molecule has 2 aromatic heterocycles. The molecule has 0 unspecified atom stereocenters. The number of hydrogen-bond donors (Lipinski definition) is 2. The van der Waals surface area contributed by atoms with Crippen molar-refractivity contribution >= 4 is 11.4 Å². The SMILES string of the molecule is CCNC[C@H]1C[C@@H]1C(=O)NC(C)(C)c1ncc2c(C)cccn12. The van der Waals surface area contributed by atoms with Gasteiger partial charge in [-0.05, 0) is 57.8 Å². The van der Waals surface area contributed by atoms with Crippen molar-refractivity contribution in [2.24, 2.45) is 11.8 Å². The molecule has 23 heavy (non-hydrogen) atoms. The van der Waals surface area contributed by atoms with E-state index in [0.29, 0.717) is 5.92 Å². The van der Waals surface area contributed by atoms with E-state index >= 15 is 0 Å². The van der Waals surface area contributed by atoms with Crippen LogP contribution in [0.25, 0.3) is 5.52 Å². The molecule has 1 fully saturated rings. The molecule has 2 atom stereocenters. The third-order valence-electron chi connectivity index (χ3n) is 4.69. The summed E-state index contributed by atoms with van der Waals surface area (Å²) in [7, 11) is 0. The van der Waals surface area contributed by atoms with Gasteiger partial charge in [0.05, 0.1) is 17.3 Å². The summed E-state index contributed by atoms with van der Waals surface area (Å²) in [6, 6.07) is 4.08. The van der Waals surface area contributed by atoms with Gasteiger partial charge in [0.15, 0.2) is 0 Å². The lowest BCUT2D eigenvalue weighted by atomic mass is 10.0. The fraction of sp³-hybridized carbons (Fsp3) is 0.556. The molecule has 124 valence electrons. The molecular formula is C18H26N4O. The van der Waals surface area contributed by atoms with Crippen LogP contribution in [-0.2, 0) is 10.3 Å². The Kier molecular flexibility index (Phi) is 4.15. The number of nitrogens with zero attached hydrogens (tertiary/aromatic N) is 2. The maximum absolute atomic E-state index is 12.5. The zero-order valence-electron chi connectivity index (χ0n) is 14.4. The van der Waals surface area contributed by atoms with E-state index in [1.807, 2.05) is 32.3 Å². The van der Waals surface area contributed by atoms with E-state index in [2.05, 4.69) is 39.9 Å². The summed E-state index contributed by atoms with van der Waals surface area (Å²) in [4.78, 5) is 17.1. The minimum Gasteiger partial charge on any atom is -0.344 e. The number of aromatic nitrogens is 2. The second-order valence-electron chi connectivity index (χ2n) is 7.05. The van der Waals surface area contributed by atoms with Gasteiger partial charge in [0.2, 0.25) is 5.91 Å². The second-order valence-corrected chi connectivity index (χ2v) is 7.05. The number of pyridine rings is 1. The molecule has 5 heteroatoms. The van der Waals surface area contributed by atoms with Crippen LogP contribution in [0.1, 0.15) is 38.6 Å². The van der Waals surface area contributed by atoms with Crippen molar-refractivity contribution in [3.05, 3.63) is 35.9 Å². The highest BCUT2D eigenvalue weighted by atomic mass is 16.2. The Morgan fingerprint density at radius 1 is 1.48 bits per heavy atom. The molecule has 5 nitrogen and oxygen atoms in total. The van der Waals surface area contributed by atoms with Gasteiger partial charge in [0.25, 0.3) is 0 Å². The van der Waals surface area contributed by atoms with E-state index in [9.17, 15) is 4.79 Å². The van der Waals surface area contributed by atoms with Crippen molar-refractivity contribution in [2.75, 3.05) is 13.1 Å². The van der Waals surface area contributed by atoms with Gasteiger partial charge >= 0.3 is 0 Å². The highest BCUT2D eigenvalue weighted by Crippen LogP contribution is 2.38. The summed E-state index contributed by atoms with van der Waals surface area (Å²) >= 11 is 0. The molecule has 3 rings (SSSR count). The number of nitrogens with one attached hydrogen (secondary N) is 2. The molecule has 0 saturated heterocycles. The first-order chi connectivity index (χ1) is 10.9. The van der Waals surface area contributed by atoms with Crippen LogP contribution in [-0.4, -0.2) is 28.4 Å². The quantitative estimate of drug-likeness (QED) is 0.860. The maximum Gasteiger partial charge on any atom is 0.224 e. The molecule has 1 aliphatic rings. The zero-order valence-corrected chi connectivity index (χ0v) is 14.4. The molecule has 0 radical (unpaired) electrons. The molecule has 1 amide bonds. The minimum absolute atomic E-state index is 0.140. The number of amides is 1. The molecule has 2 aromatic rings. The van der Waals surface area contributed by atoms with E-state index in [1.54, 1.807) is 0 Å². The van der Waals surface area contributed by atoms with Gasteiger partial charge in [-0.2, -0.15) is 0 Å². The minimum atomic E-state index is -0.497. The number of imidazole rings is 1. The molecular weight excluding hydrogens is 288 g/mol. The van der Waals surface area contributed by atoms with Crippen molar-refractivity contribution in [3.63, 3.8) is 0 Å². The van der Waals surface area contributed by atoms with Crippen LogP contribution in [0.15, 0.2) is 24.5 Å². The fourth-order valence-corrected chi connectivity index (χ4v) is 3.21. The van der Waals surface area contributed by atoms with E-state index in [-0.39, 0.29) is 11.8 Å². The third-order valence-corrected chi connectivity index (χ3v) is 4.69. The number of rotatable bonds is 6. The zero-order chi connectivity index (χ0) is 16.6. The first kappa shape index (κ1) is 16.0. The molecule has 0 aromatic carbocycles. The molecule has 0 aliphatic heterocycles. The number of fused-ring (bicyclic) bond motifs is 1. The summed E-state index contributed by atoms with van der Waals surface area (Å²) in [5.74, 6) is 1.63. The summed E-state index contributed by atoms with van der Waals surface area (Å²) in [6.07, 6.45) is 4.86. The van der Waals surface area contributed by atoms with E-state index < -0.39 is 5.54 Å². The Bertz CT molecular complexity index is 719. The van der Waals surface area contributed by atoms with Crippen LogP contribution in [0.2, 0.25) is 0 Å². The lowest BCUT2D eigenvalue weighted by molar-refractivity contribution is -0.124. The highest BCUT2D eigenvalue weighted by molar-refractivity contribution is 5.82. The van der Waals surface area contributed by atoms with E-state index in [1.165, 1.54) is 5.56 Å². The number of aryl methyl sites for hydroxylation is 1. The average Bonchev–Trinajstić information content (AvgIpc) is 3.13. The summed E-state index contributed by atoms with van der Waals surface area (Å²) < 4.78 is 2.07. The van der Waals surface area contributed by atoms with Crippen LogP contribution < -0.4 is 10.6 Å². The Balaban J connectivity index is 1.74. The van der Waals surface area contributed by atoms with Gasteiger partial charge < -0.3 is 15.0 Å². The first-order valence-corrected chi connectivity index (χ1v) is 8.40. The van der Waals surface area contributed by atoms with Crippen LogP contribution in [0.4, 0.5) is 0 Å². The molecule has 2 heterocycles. The molecule has 0 bridgehead atoms. The van der Waals surface area contributed by atoms with Gasteiger partial charge in [0, 0.05) is 12.1 Å². The van der Waals surface area contributed by atoms with Crippen molar-refractivity contribution in [1.29, 1.82) is 0 Å². The van der Waals surface area contributed by atoms with E-state index in [0.717, 1.165) is 30.9 Å². The highest BCUT2D eigenvalue weighted by Gasteiger charge is 2.44. The number of hydrogen-bond acceptors (Lipinski definition) is 3. The predicted octanol–water partition coefficient (Wildman–Crippen LogP) is 2.24. The second kappa shape index (κ2) is 5.96. The van der Waals surface area contributed by atoms with Crippen LogP contribution in [0, 0.1) is 18.8 Å². The van der Waals surface area contributed by atoms with Gasteiger partial charge in [-0.1, -0.05) is 13.0 Å². The third kappa shape index (κ3) is 3.11. The van der Waals surface area contributed by atoms with Crippen LogP contribution in [0.3, 0.4) is 0 Å². The Morgan fingerprint density at radius 2 is 2.26 bits per heavy atom. The Hall–Kier alpha value is -1.88. The maximum atomic E-state index is 12.5.